The zero-order valence-electron chi connectivity index (χ0n) is 8.55. The molecule has 11 heavy (non-hydrogen) atoms. The van der Waals surface area contributed by atoms with Crippen LogP contribution in [0.15, 0.2) is 0 Å². The predicted octanol–water partition coefficient (Wildman–Crippen LogP) is 1.54. The number of rotatable bonds is 3. The summed E-state index contributed by atoms with van der Waals surface area (Å²) in [4.78, 5) is 4.88. The molecule has 0 heterocycles. The van der Waals surface area contributed by atoms with Crippen LogP contribution in [0.4, 0.5) is 0 Å². The molecule has 70 valence electrons. The maximum Gasteiger partial charge on any atom is 0.0656 e. The standard InChI is InChI=1S/C4H11NO.C4H10O/c1-4-6-5(2)3;1-4(2)5-3/h4H2,1-3H3;4H,1-3H3. The second-order valence-electron chi connectivity index (χ2n) is 2.51. The molecule has 0 aliphatic heterocycles. The summed E-state index contributed by atoms with van der Waals surface area (Å²) in [6, 6.07) is 0. The summed E-state index contributed by atoms with van der Waals surface area (Å²) in [7, 11) is 5.43. The van der Waals surface area contributed by atoms with Crippen LogP contribution in [-0.2, 0) is 9.57 Å². The molecular formula is C8H21NO2. The van der Waals surface area contributed by atoms with Gasteiger partial charge >= 0.3 is 0 Å². The lowest BCUT2D eigenvalue weighted by Gasteiger charge is -2.05. The SMILES string of the molecule is CCON(C)C.COC(C)C. The Balaban J connectivity index is 0. The first-order valence-electron chi connectivity index (χ1n) is 3.87. The Morgan fingerprint density at radius 2 is 1.64 bits per heavy atom. The Bertz CT molecular complexity index is 65.1. The lowest BCUT2D eigenvalue weighted by molar-refractivity contribution is -0.113. The molecular weight excluding hydrogens is 142 g/mol. The Kier molecular flexibility index (Phi) is 12.1. The molecule has 0 aliphatic carbocycles. The molecule has 0 bridgehead atoms. The highest BCUT2D eigenvalue weighted by Crippen LogP contribution is 1.77. The molecule has 0 aromatic carbocycles. The van der Waals surface area contributed by atoms with Crippen LogP contribution < -0.4 is 0 Å². The van der Waals surface area contributed by atoms with Crippen molar-refractivity contribution in [3.05, 3.63) is 0 Å². The highest BCUT2D eigenvalue weighted by atomic mass is 16.7. The zero-order chi connectivity index (χ0) is 9.28. The summed E-state index contributed by atoms with van der Waals surface area (Å²) in [5.74, 6) is 0. The molecule has 0 aromatic rings. The minimum absolute atomic E-state index is 0.384. The van der Waals surface area contributed by atoms with Crippen LogP contribution in [0.3, 0.4) is 0 Å². The summed E-state index contributed by atoms with van der Waals surface area (Å²) < 4.78 is 4.75. The van der Waals surface area contributed by atoms with Gasteiger partial charge in [0.25, 0.3) is 0 Å². The topological polar surface area (TPSA) is 21.7 Å². The van der Waals surface area contributed by atoms with E-state index in [0.29, 0.717) is 6.10 Å². The quantitative estimate of drug-likeness (QED) is 0.589. The van der Waals surface area contributed by atoms with Crippen molar-refractivity contribution in [3.8, 4) is 0 Å². The van der Waals surface area contributed by atoms with Gasteiger partial charge < -0.3 is 4.74 Å². The van der Waals surface area contributed by atoms with Gasteiger partial charge in [0.1, 0.15) is 0 Å². The van der Waals surface area contributed by atoms with E-state index in [9.17, 15) is 0 Å². The van der Waals surface area contributed by atoms with Crippen molar-refractivity contribution in [2.75, 3.05) is 27.8 Å². The van der Waals surface area contributed by atoms with E-state index in [-0.39, 0.29) is 0 Å². The van der Waals surface area contributed by atoms with Gasteiger partial charge in [-0.15, -0.1) is 0 Å². The molecule has 3 nitrogen and oxygen atoms in total. The van der Waals surface area contributed by atoms with E-state index in [1.807, 2.05) is 34.9 Å². The molecule has 0 saturated heterocycles. The molecule has 0 aliphatic rings. The van der Waals surface area contributed by atoms with Crippen molar-refractivity contribution < 1.29 is 9.57 Å². The molecule has 0 atom stereocenters. The molecule has 0 amide bonds. The average molecular weight is 163 g/mol. The number of hydrogen-bond donors (Lipinski definition) is 0. The van der Waals surface area contributed by atoms with Gasteiger partial charge in [0.15, 0.2) is 0 Å². The predicted molar refractivity (Wildman–Crippen MR) is 47.5 cm³/mol. The minimum Gasteiger partial charge on any atom is -0.382 e. The van der Waals surface area contributed by atoms with Crippen LogP contribution in [0.2, 0.25) is 0 Å². The molecule has 0 radical (unpaired) electrons. The van der Waals surface area contributed by atoms with E-state index in [0.717, 1.165) is 6.61 Å². The summed E-state index contributed by atoms with van der Waals surface area (Å²) >= 11 is 0. The van der Waals surface area contributed by atoms with E-state index in [2.05, 4.69) is 0 Å². The third kappa shape index (κ3) is 25.8. The Hall–Kier alpha value is -0.120. The van der Waals surface area contributed by atoms with Crippen molar-refractivity contribution in [3.63, 3.8) is 0 Å². The van der Waals surface area contributed by atoms with Crippen molar-refractivity contribution in [1.82, 2.24) is 5.06 Å². The van der Waals surface area contributed by atoms with Crippen LogP contribution >= 0.6 is 0 Å². The van der Waals surface area contributed by atoms with Crippen LogP contribution in [-0.4, -0.2) is 39.0 Å². The van der Waals surface area contributed by atoms with Gasteiger partial charge in [-0.3, -0.25) is 4.84 Å². The van der Waals surface area contributed by atoms with E-state index >= 15 is 0 Å². The molecule has 0 unspecified atom stereocenters. The van der Waals surface area contributed by atoms with E-state index in [1.54, 1.807) is 12.2 Å². The van der Waals surface area contributed by atoms with Crippen LogP contribution in [0.25, 0.3) is 0 Å². The summed E-state index contributed by atoms with van der Waals surface area (Å²) in [6.45, 7) is 6.72. The molecule has 0 fully saturated rings. The molecule has 3 heteroatoms. The molecule has 0 N–H and O–H groups in total. The number of methoxy groups -OCH3 is 1. The number of hydroxylamine groups is 2. The first kappa shape index (κ1) is 13.5. The van der Waals surface area contributed by atoms with Crippen molar-refractivity contribution in [2.45, 2.75) is 26.9 Å². The number of hydrogen-bond acceptors (Lipinski definition) is 3. The van der Waals surface area contributed by atoms with Crippen molar-refractivity contribution in [2.24, 2.45) is 0 Å². The monoisotopic (exact) mass is 163 g/mol. The third-order valence-corrected chi connectivity index (χ3v) is 0.859. The van der Waals surface area contributed by atoms with Gasteiger partial charge in [-0.2, -0.15) is 5.06 Å². The smallest absolute Gasteiger partial charge is 0.0656 e. The fourth-order valence-electron chi connectivity index (χ4n) is 0.258. The van der Waals surface area contributed by atoms with Gasteiger partial charge in [-0.05, 0) is 20.8 Å². The fraction of sp³-hybridized carbons (Fsp3) is 1.00. The Morgan fingerprint density at radius 3 is 1.64 bits per heavy atom. The van der Waals surface area contributed by atoms with E-state index in [4.69, 9.17) is 9.57 Å². The number of ether oxygens (including phenoxy) is 1. The van der Waals surface area contributed by atoms with Gasteiger partial charge in [-0.25, -0.2) is 0 Å². The maximum atomic E-state index is 4.88. The second kappa shape index (κ2) is 9.88. The zero-order valence-corrected chi connectivity index (χ0v) is 8.55. The number of nitrogens with zero attached hydrogens (tertiary/aromatic N) is 1. The van der Waals surface area contributed by atoms with Gasteiger partial charge in [0.05, 0.1) is 12.7 Å². The summed E-state index contributed by atoms with van der Waals surface area (Å²) in [5.41, 5.74) is 0. The first-order chi connectivity index (χ1) is 5.04. The van der Waals surface area contributed by atoms with Crippen LogP contribution in [0, 0.1) is 0 Å². The fourth-order valence-corrected chi connectivity index (χ4v) is 0.258. The lowest BCUT2D eigenvalue weighted by atomic mass is 10.5. The average Bonchev–Trinajstić information content (AvgIpc) is 1.89. The van der Waals surface area contributed by atoms with Gasteiger partial charge in [0, 0.05) is 21.2 Å². The second-order valence-corrected chi connectivity index (χ2v) is 2.51. The normalized spacial score (nSPS) is 9.82. The van der Waals surface area contributed by atoms with Crippen molar-refractivity contribution >= 4 is 0 Å². The largest absolute Gasteiger partial charge is 0.382 e. The van der Waals surface area contributed by atoms with Crippen molar-refractivity contribution in [1.29, 1.82) is 0 Å². The highest BCUT2D eigenvalue weighted by molar-refractivity contribution is 4.27. The van der Waals surface area contributed by atoms with E-state index < -0.39 is 0 Å². The molecule has 0 rings (SSSR count). The lowest BCUT2D eigenvalue weighted by Crippen LogP contribution is -2.11. The van der Waals surface area contributed by atoms with Crippen LogP contribution in [0.5, 0.6) is 0 Å². The Labute approximate surface area is 70.2 Å². The molecule has 0 aromatic heterocycles. The third-order valence-electron chi connectivity index (χ3n) is 0.859. The molecule has 0 saturated carbocycles. The van der Waals surface area contributed by atoms with Crippen LogP contribution in [0.1, 0.15) is 20.8 Å². The molecule has 0 spiro atoms. The summed E-state index contributed by atoms with van der Waals surface area (Å²) in [5, 5.41) is 1.68. The summed E-state index contributed by atoms with van der Waals surface area (Å²) in [6.07, 6.45) is 0.384. The van der Waals surface area contributed by atoms with Gasteiger partial charge in [0.2, 0.25) is 0 Å². The first-order valence-corrected chi connectivity index (χ1v) is 3.87. The highest BCUT2D eigenvalue weighted by Gasteiger charge is 1.78. The van der Waals surface area contributed by atoms with E-state index in [1.165, 1.54) is 0 Å². The minimum atomic E-state index is 0.384. The van der Waals surface area contributed by atoms with Gasteiger partial charge in [-0.1, -0.05) is 0 Å². The Morgan fingerprint density at radius 1 is 1.27 bits per heavy atom. The maximum absolute atomic E-state index is 4.88.